The largest absolute Gasteiger partial charge is 0.486 e. The molecule has 1 aliphatic heterocycles. The van der Waals surface area contributed by atoms with Crippen LogP contribution in [0.2, 0.25) is 0 Å². The van der Waals surface area contributed by atoms with Crippen LogP contribution in [0.3, 0.4) is 0 Å². The molecule has 1 N–H and O–H groups in total. The predicted molar refractivity (Wildman–Crippen MR) is 123 cm³/mol. The molecule has 0 aliphatic carbocycles. The second kappa shape index (κ2) is 10.7. The maximum atomic E-state index is 13.2. The molecule has 0 spiro atoms. The smallest absolute Gasteiger partial charge is 0.242 e. The van der Waals surface area contributed by atoms with Crippen molar-refractivity contribution >= 4 is 27.7 Å². The number of nitrogens with one attached hydrogen (secondary N) is 1. The first-order chi connectivity index (χ1) is 14.8. The second-order valence-corrected chi connectivity index (χ2v) is 8.88. The molecule has 2 aromatic carbocycles. The van der Waals surface area contributed by atoms with Crippen molar-refractivity contribution in [3.63, 3.8) is 0 Å². The number of fused-ring (bicyclic) bond motifs is 1. The fourth-order valence-electron chi connectivity index (χ4n) is 3.41. The molecule has 1 unspecified atom stereocenters. The molecule has 3 rings (SSSR count). The number of hydrogen-bond donors (Lipinski definition) is 1. The van der Waals surface area contributed by atoms with Gasteiger partial charge in [-0.1, -0.05) is 34.1 Å². The summed E-state index contributed by atoms with van der Waals surface area (Å²) in [5.41, 5.74) is 1.97. The third kappa shape index (κ3) is 6.47. The monoisotopic (exact) mass is 488 g/mol. The fraction of sp³-hybridized carbons (Fsp3) is 0.417. The molecule has 0 saturated carbocycles. The zero-order valence-electron chi connectivity index (χ0n) is 18.2. The van der Waals surface area contributed by atoms with E-state index in [0.717, 1.165) is 21.3 Å². The summed E-state index contributed by atoms with van der Waals surface area (Å²) in [4.78, 5) is 27.5. The molecule has 7 heteroatoms. The molecule has 0 radical (unpaired) electrons. The van der Waals surface area contributed by atoms with E-state index in [0.29, 0.717) is 38.3 Å². The van der Waals surface area contributed by atoms with Gasteiger partial charge >= 0.3 is 0 Å². The quantitative estimate of drug-likeness (QED) is 0.607. The van der Waals surface area contributed by atoms with Crippen molar-refractivity contribution in [2.75, 3.05) is 13.2 Å². The minimum atomic E-state index is -0.571. The molecule has 0 fully saturated rings. The zero-order valence-corrected chi connectivity index (χ0v) is 19.8. The van der Waals surface area contributed by atoms with E-state index in [9.17, 15) is 9.59 Å². The van der Waals surface area contributed by atoms with Crippen LogP contribution in [0.15, 0.2) is 46.9 Å². The third-order valence-corrected chi connectivity index (χ3v) is 5.63. The summed E-state index contributed by atoms with van der Waals surface area (Å²) < 4.78 is 12.2. The van der Waals surface area contributed by atoms with E-state index in [-0.39, 0.29) is 17.9 Å². The zero-order chi connectivity index (χ0) is 22.4. The molecule has 1 aliphatic rings. The first-order valence-corrected chi connectivity index (χ1v) is 11.4. The Morgan fingerprint density at radius 1 is 1.00 bits per heavy atom. The highest BCUT2D eigenvalue weighted by atomic mass is 79.9. The van der Waals surface area contributed by atoms with Crippen LogP contribution >= 0.6 is 15.9 Å². The number of hydrogen-bond acceptors (Lipinski definition) is 4. The minimum Gasteiger partial charge on any atom is -0.486 e. The topological polar surface area (TPSA) is 67.9 Å². The van der Waals surface area contributed by atoms with Crippen molar-refractivity contribution in [2.45, 2.75) is 52.2 Å². The van der Waals surface area contributed by atoms with E-state index in [1.165, 1.54) is 0 Å². The standard InChI is InChI=1S/C24H29BrN2O4/c1-16(2)26-24(29)17(3)27(15-19-4-8-20(25)9-5-19)23(28)11-7-18-6-10-21-22(14-18)31-13-12-30-21/h4-6,8-10,14,16-17H,7,11-13,15H2,1-3H3,(H,26,29). The number of carbonyl (C=O) groups is 2. The molecule has 2 aromatic rings. The lowest BCUT2D eigenvalue weighted by molar-refractivity contribution is -0.140. The lowest BCUT2D eigenvalue weighted by Gasteiger charge is -2.29. The number of amides is 2. The van der Waals surface area contributed by atoms with Crippen molar-refractivity contribution in [2.24, 2.45) is 0 Å². The Hall–Kier alpha value is -2.54. The van der Waals surface area contributed by atoms with Crippen LogP contribution < -0.4 is 14.8 Å². The lowest BCUT2D eigenvalue weighted by Crippen LogP contribution is -2.49. The summed E-state index contributed by atoms with van der Waals surface area (Å²) in [6.45, 7) is 7.05. The van der Waals surface area contributed by atoms with Crippen molar-refractivity contribution in [3.8, 4) is 11.5 Å². The molecule has 6 nitrogen and oxygen atoms in total. The van der Waals surface area contributed by atoms with Crippen LogP contribution in [-0.4, -0.2) is 42.0 Å². The highest BCUT2D eigenvalue weighted by Gasteiger charge is 2.26. The van der Waals surface area contributed by atoms with Gasteiger partial charge in [-0.05, 0) is 62.6 Å². The van der Waals surface area contributed by atoms with Gasteiger partial charge in [-0.2, -0.15) is 0 Å². The van der Waals surface area contributed by atoms with E-state index < -0.39 is 6.04 Å². The van der Waals surface area contributed by atoms with E-state index in [1.807, 2.05) is 56.3 Å². The first-order valence-electron chi connectivity index (χ1n) is 10.6. The Kier molecular flexibility index (Phi) is 7.96. The van der Waals surface area contributed by atoms with Crippen molar-refractivity contribution in [3.05, 3.63) is 58.1 Å². The fourth-order valence-corrected chi connectivity index (χ4v) is 3.68. The van der Waals surface area contributed by atoms with Crippen LogP contribution in [0.5, 0.6) is 11.5 Å². The molecular formula is C24H29BrN2O4. The molecule has 0 aromatic heterocycles. The van der Waals surface area contributed by atoms with Crippen molar-refractivity contribution in [1.82, 2.24) is 10.2 Å². The Balaban J connectivity index is 1.71. The number of ether oxygens (including phenoxy) is 2. The molecule has 2 amide bonds. The highest BCUT2D eigenvalue weighted by molar-refractivity contribution is 9.10. The number of aryl methyl sites for hydroxylation is 1. The van der Waals surface area contributed by atoms with E-state index in [4.69, 9.17) is 9.47 Å². The molecule has 0 bridgehead atoms. The number of nitrogens with zero attached hydrogens (tertiary/aromatic N) is 1. The van der Waals surface area contributed by atoms with Gasteiger partial charge in [-0.15, -0.1) is 0 Å². The Bertz CT molecular complexity index is 914. The van der Waals surface area contributed by atoms with Crippen LogP contribution in [-0.2, 0) is 22.6 Å². The summed E-state index contributed by atoms with van der Waals surface area (Å²) in [5, 5.41) is 2.91. The Labute approximate surface area is 192 Å². The molecule has 31 heavy (non-hydrogen) atoms. The molecule has 166 valence electrons. The first kappa shape index (κ1) is 23.1. The van der Waals surface area contributed by atoms with Gasteiger partial charge in [-0.25, -0.2) is 0 Å². The van der Waals surface area contributed by atoms with Gasteiger partial charge in [0.2, 0.25) is 11.8 Å². The summed E-state index contributed by atoms with van der Waals surface area (Å²) in [6, 6.07) is 13.0. The molecule has 0 saturated heterocycles. The van der Waals surface area contributed by atoms with Crippen molar-refractivity contribution < 1.29 is 19.1 Å². The van der Waals surface area contributed by atoms with Crippen LogP contribution in [0.4, 0.5) is 0 Å². The van der Waals surface area contributed by atoms with Gasteiger partial charge in [0.25, 0.3) is 0 Å². The highest BCUT2D eigenvalue weighted by Crippen LogP contribution is 2.31. The van der Waals surface area contributed by atoms with Gasteiger partial charge in [0.1, 0.15) is 19.3 Å². The summed E-state index contributed by atoms with van der Waals surface area (Å²) in [5.74, 6) is 1.23. The van der Waals surface area contributed by atoms with Crippen LogP contribution in [0.25, 0.3) is 0 Å². The van der Waals surface area contributed by atoms with Crippen molar-refractivity contribution in [1.29, 1.82) is 0 Å². The van der Waals surface area contributed by atoms with Gasteiger partial charge in [0.15, 0.2) is 11.5 Å². The molecule has 1 heterocycles. The Morgan fingerprint density at radius 2 is 1.65 bits per heavy atom. The van der Waals surface area contributed by atoms with E-state index in [2.05, 4.69) is 21.2 Å². The Morgan fingerprint density at radius 3 is 2.32 bits per heavy atom. The summed E-state index contributed by atoms with van der Waals surface area (Å²) in [7, 11) is 0. The second-order valence-electron chi connectivity index (χ2n) is 7.97. The van der Waals surface area contributed by atoms with E-state index in [1.54, 1.807) is 11.8 Å². The van der Waals surface area contributed by atoms with Gasteiger partial charge in [0, 0.05) is 23.5 Å². The average molecular weight is 489 g/mol. The molecular weight excluding hydrogens is 460 g/mol. The average Bonchev–Trinajstić information content (AvgIpc) is 2.76. The van der Waals surface area contributed by atoms with Gasteiger partial charge < -0.3 is 19.7 Å². The third-order valence-electron chi connectivity index (χ3n) is 5.10. The SMILES string of the molecule is CC(C)NC(=O)C(C)N(Cc1ccc(Br)cc1)C(=O)CCc1ccc2c(c1)OCCO2. The number of rotatable bonds is 8. The van der Waals surface area contributed by atoms with Crippen LogP contribution in [0.1, 0.15) is 38.3 Å². The van der Waals surface area contributed by atoms with Gasteiger partial charge in [-0.3, -0.25) is 9.59 Å². The normalized spacial score (nSPS) is 13.6. The molecule has 1 atom stereocenters. The van der Waals surface area contributed by atoms with Gasteiger partial charge in [0.05, 0.1) is 0 Å². The lowest BCUT2D eigenvalue weighted by atomic mass is 10.1. The summed E-state index contributed by atoms with van der Waals surface area (Å²) >= 11 is 3.43. The number of halogens is 1. The maximum Gasteiger partial charge on any atom is 0.242 e. The minimum absolute atomic E-state index is 0.0114. The number of carbonyl (C=O) groups excluding carboxylic acids is 2. The number of benzene rings is 2. The predicted octanol–water partition coefficient (Wildman–Crippen LogP) is 4.09. The van der Waals surface area contributed by atoms with Crippen LogP contribution in [0, 0.1) is 0 Å². The van der Waals surface area contributed by atoms with E-state index >= 15 is 0 Å². The summed E-state index contributed by atoms with van der Waals surface area (Å²) in [6.07, 6.45) is 0.861. The maximum absolute atomic E-state index is 13.2.